The second-order valence-corrected chi connectivity index (χ2v) is 5.04. The van der Waals surface area contributed by atoms with Crippen LogP contribution in [0.1, 0.15) is 34.2 Å². The number of esters is 1. The molecule has 1 atom stereocenters. The number of benzene rings is 1. The van der Waals surface area contributed by atoms with Crippen molar-refractivity contribution in [2.24, 2.45) is 0 Å². The topological polar surface area (TPSA) is 95.1 Å². The molecule has 3 rings (SSSR count). The summed E-state index contributed by atoms with van der Waals surface area (Å²) in [4.78, 5) is 15.7. The van der Waals surface area contributed by atoms with E-state index in [1.165, 1.54) is 7.11 Å². The standard InChI is InChI=1S/C14H17N5O2/c1-8-3-4-9(7-10(8)15)11-5-6-16-14-17-12(13(20)21-2)18-19(11)14/h3-4,7,11H,5-6,15H2,1-2H3,(H,16,17,18). The number of hydrogen-bond acceptors (Lipinski definition) is 6. The van der Waals surface area contributed by atoms with Crippen LogP contribution in [-0.4, -0.2) is 34.4 Å². The highest BCUT2D eigenvalue weighted by Gasteiger charge is 2.26. The Bertz CT molecular complexity index is 695. The van der Waals surface area contributed by atoms with Crippen LogP contribution in [0.5, 0.6) is 0 Å². The highest BCUT2D eigenvalue weighted by molar-refractivity contribution is 5.85. The summed E-state index contributed by atoms with van der Waals surface area (Å²) in [6.45, 7) is 2.73. The third-order valence-corrected chi connectivity index (χ3v) is 3.68. The van der Waals surface area contributed by atoms with E-state index in [-0.39, 0.29) is 11.9 Å². The number of anilines is 2. The minimum absolute atomic E-state index is 0.00931. The van der Waals surface area contributed by atoms with Crippen LogP contribution in [0, 0.1) is 6.92 Å². The molecule has 1 unspecified atom stereocenters. The van der Waals surface area contributed by atoms with Gasteiger partial charge >= 0.3 is 5.97 Å². The minimum atomic E-state index is -0.541. The highest BCUT2D eigenvalue weighted by Crippen LogP contribution is 2.30. The summed E-state index contributed by atoms with van der Waals surface area (Å²) in [6.07, 6.45) is 0.847. The van der Waals surface area contributed by atoms with Gasteiger partial charge in [-0.05, 0) is 30.5 Å². The molecule has 1 aliphatic heterocycles. The van der Waals surface area contributed by atoms with E-state index in [2.05, 4.69) is 20.1 Å². The molecule has 7 heteroatoms. The average Bonchev–Trinajstić information content (AvgIpc) is 2.93. The molecule has 2 aromatic rings. The lowest BCUT2D eigenvalue weighted by atomic mass is 10.0. The van der Waals surface area contributed by atoms with E-state index in [1.807, 2.05) is 25.1 Å². The lowest BCUT2D eigenvalue weighted by molar-refractivity contribution is 0.0586. The fraction of sp³-hybridized carbons (Fsp3) is 0.357. The fourth-order valence-electron chi connectivity index (χ4n) is 2.46. The Morgan fingerprint density at radius 3 is 3.05 bits per heavy atom. The maximum atomic E-state index is 11.6. The lowest BCUT2D eigenvalue weighted by Gasteiger charge is -2.25. The van der Waals surface area contributed by atoms with Crippen LogP contribution < -0.4 is 11.1 Å². The quantitative estimate of drug-likeness (QED) is 0.639. The Kier molecular flexibility index (Phi) is 3.25. The summed E-state index contributed by atoms with van der Waals surface area (Å²) < 4.78 is 6.39. The van der Waals surface area contributed by atoms with Crippen LogP contribution in [-0.2, 0) is 4.74 Å². The van der Waals surface area contributed by atoms with Gasteiger partial charge in [-0.1, -0.05) is 12.1 Å². The van der Waals surface area contributed by atoms with Gasteiger partial charge in [0.15, 0.2) is 0 Å². The van der Waals surface area contributed by atoms with Crippen molar-refractivity contribution in [1.29, 1.82) is 0 Å². The molecule has 0 spiro atoms. The Labute approximate surface area is 122 Å². The average molecular weight is 287 g/mol. The number of aryl methyl sites for hydroxylation is 1. The Hall–Kier alpha value is -2.57. The van der Waals surface area contributed by atoms with Crippen LogP contribution in [0.15, 0.2) is 18.2 Å². The van der Waals surface area contributed by atoms with Crippen molar-refractivity contribution in [3.63, 3.8) is 0 Å². The van der Waals surface area contributed by atoms with Gasteiger partial charge in [-0.25, -0.2) is 9.48 Å². The number of aromatic nitrogens is 3. The largest absolute Gasteiger partial charge is 0.463 e. The molecule has 1 aromatic heterocycles. The van der Waals surface area contributed by atoms with Crippen molar-refractivity contribution in [2.75, 3.05) is 24.7 Å². The molecule has 110 valence electrons. The van der Waals surface area contributed by atoms with Crippen LogP contribution in [0.2, 0.25) is 0 Å². The third kappa shape index (κ3) is 2.31. The number of ether oxygens (including phenoxy) is 1. The predicted octanol–water partition coefficient (Wildman–Crippen LogP) is 1.36. The molecule has 0 bridgehead atoms. The SMILES string of the molecule is COC(=O)c1nc2n(n1)C(c1ccc(C)c(N)c1)CCN2. The molecule has 2 heterocycles. The number of fused-ring (bicyclic) bond motifs is 1. The molecule has 0 amide bonds. The van der Waals surface area contributed by atoms with Crippen molar-refractivity contribution < 1.29 is 9.53 Å². The molecule has 21 heavy (non-hydrogen) atoms. The summed E-state index contributed by atoms with van der Waals surface area (Å²) in [5, 5.41) is 7.40. The molecule has 0 fully saturated rings. The zero-order chi connectivity index (χ0) is 15.0. The summed E-state index contributed by atoms with van der Waals surface area (Å²) in [5.74, 6) is 0.0960. The van der Waals surface area contributed by atoms with Gasteiger partial charge in [-0.2, -0.15) is 4.98 Å². The van der Waals surface area contributed by atoms with Crippen molar-refractivity contribution in [3.05, 3.63) is 35.2 Å². The molecule has 1 aromatic carbocycles. The van der Waals surface area contributed by atoms with Crippen molar-refractivity contribution >= 4 is 17.6 Å². The maximum absolute atomic E-state index is 11.6. The molecule has 0 saturated heterocycles. The molecule has 1 aliphatic rings. The molecule has 3 N–H and O–H groups in total. The Morgan fingerprint density at radius 1 is 1.52 bits per heavy atom. The second kappa shape index (κ2) is 5.08. The number of rotatable bonds is 2. The number of nitrogen functional groups attached to an aromatic ring is 1. The molecular formula is C14H17N5O2. The number of methoxy groups -OCH3 is 1. The maximum Gasteiger partial charge on any atom is 0.378 e. The smallest absolute Gasteiger partial charge is 0.378 e. The van der Waals surface area contributed by atoms with E-state index in [0.29, 0.717) is 5.95 Å². The van der Waals surface area contributed by atoms with E-state index in [1.54, 1.807) is 4.68 Å². The first-order valence-electron chi connectivity index (χ1n) is 6.75. The fourth-order valence-corrected chi connectivity index (χ4v) is 2.46. The van der Waals surface area contributed by atoms with E-state index in [9.17, 15) is 4.79 Å². The number of carbonyl (C=O) groups excluding carboxylic acids is 1. The van der Waals surface area contributed by atoms with E-state index in [4.69, 9.17) is 5.73 Å². The minimum Gasteiger partial charge on any atom is -0.463 e. The van der Waals surface area contributed by atoms with Gasteiger partial charge in [0.1, 0.15) is 0 Å². The van der Waals surface area contributed by atoms with Gasteiger partial charge in [-0.15, -0.1) is 5.10 Å². The number of nitrogens with zero attached hydrogens (tertiary/aromatic N) is 3. The monoisotopic (exact) mass is 287 g/mol. The second-order valence-electron chi connectivity index (χ2n) is 5.04. The number of nitrogens with one attached hydrogen (secondary N) is 1. The van der Waals surface area contributed by atoms with E-state index in [0.717, 1.165) is 29.8 Å². The van der Waals surface area contributed by atoms with Gasteiger partial charge in [0, 0.05) is 12.2 Å². The van der Waals surface area contributed by atoms with Crippen LogP contribution >= 0.6 is 0 Å². The van der Waals surface area contributed by atoms with Gasteiger partial charge in [-0.3, -0.25) is 0 Å². The zero-order valence-corrected chi connectivity index (χ0v) is 12.0. The first-order chi connectivity index (χ1) is 10.1. The number of carbonyl (C=O) groups is 1. The first-order valence-corrected chi connectivity index (χ1v) is 6.75. The summed E-state index contributed by atoms with van der Waals surface area (Å²) in [5.41, 5.74) is 8.84. The van der Waals surface area contributed by atoms with Crippen LogP contribution in [0.4, 0.5) is 11.6 Å². The normalized spacial score (nSPS) is 17.0. The Morgan fingerprint density at radius 2 is 2.33 bits per heavy atom. The highest BCUT2D eigenvalue weighted by atomic mass is 16.5. The number of hydrogen-bond donors (Lipinski definition) is 2. The van der Waals surface area contributed by atoms with Crippen molar-refractivity contribution in [3.8, 4) is 0 Å². The van der Waals surface area contributed by atoms with Gasteiger partial charge in [0.25, 0.3) is 5.82 Å². The predicted molar refractivity (Wildman–Crippen MR) is 78.2 cm³/mol. The van der Waals surface area contributed by atoms with E-state index < -0.39 is 5.97 Å². The van der Waals surface area contributed by atoms with E-state index >= 15 is 0 Å². The zero-order valence-electron chi connectivity index (χ0n) is 12.0. The first kappa shape index (κ1) is 13.4. The van der Waals surface area contributed by atoms with Crippen molar-refractivity contribution in [1.82, 2.24) is 14.8 Å². The lowest BCUT2D eigenvalue weighted by Crippen LogP contribution is -2.24. The Balaban J connectivity index is 2.01. The summed E-state index contributed by atoms with van der Waals surface area (Å²) >= 11 is 0. The summed E-state index contributed by atoms with van der Waals surface area (Å²) in [7, 11) is 1.31. The van der Waals surface area contributed by atoms with Gasteiger partial charge in [0.2, 0.25) is 5.95 Å². The molecule has 7 nitrogen and oxygen atoms in total. The van der Waals surface area contributed by atoms with Crippen LogP contribution in [0.3, 0.4) is 0 Å². The van der Waals surface area contributed by atoms with Crippen molar-refractivity contribution in [2.45, 2.75) is 19.4 Å². The molecule has 0 radical (unpaired) electrons. The van der Waals surface area contributed by atoms with Gasteiger partial charge < -0.3 is 15.8 Å². The molecule has 0 saturated carbocycles. The van der Waals surface area contributed by atoms with Crippen LogP contribution in [0.25, 0.3) is 0 Å². The number of nitrogens with two attached hydrogens (primary N) is 1. The van der Waals surface area contributed by atoms with Gasteiger partial charge in [0.05, 0.1) is 13.2 Å². The molecule has 0 aliphatic carbocycles. The summed E-state index contributed by atoms with van der Waals surface area (Å²) in [6, 6.07) is 5.99. The molecular weight excluding hydrogens is 270 g/mol. The third-order valence-electron chi connectivity index (χ3n) is 3.68.